The summed E-state index contributed by atoms with van der Waals surface area (Å²) in [5, 5.41) is 0.631. The van der Waals surface area contributed by atoms with E-state index in [9.17, 15) is 4.79 Å². The van der Waals surface area contributed by atoms with Crippen LogP contribution in [0, 0.1) is 0 Å². The van der Waals surface area contributed by atoms with Crippen molar-refractivity contribution in [1.82, 2.24) is 5.43 Å². The van der Waals surface area contributed by atoms with E-state index in [2.05, 4.69) is 5.43 Å². The van der Waals surface area contributed by atoms with Crippen molar-refractivity contribution >= 4 is 17.5 Å². The number of hydrogen-bond donors (Lipinski definition) is 1. The van der Waals surface area contributed by atoms with Gasteiger partial charge < -0.3 is 0 Å². The molecule has 76 valence electrons. The van der Waals surface area contributed by atoms with Crippen LogP contribution in [-0.2, 0) is 0 Å². The first kappa shape index (κ1) is 11.0. The van der Waals surface area contributed by atoms with Crippen molar-refractivity contribution in [2.45, 2.75) is 0 Å². The van der Waals surface area contributed by atoms with Crippen molar-refractivity contribution < 1.29 is 9.39 Å². The van der Waals surface area contributed by atoms with E-state index in [1.54, 1.807) is 24.3 Å². The molecule has 0 radical (unpaired) electrons. The number of rotatable bonds is 2. The van der Waals surface area contributed by atoms with Gasteiger partial charge in [-0.1, -0.05) is 11.6 Å². The quantitative estimate of drug-likeness (QED) is 0.588. The van der Waals surface area contributed by atoms with Crippen molar-refractivity contribution in [1.29, 1.82) is 0 Å². The molecule has 0 heterocycles. The Morgan fingerprint density at radius 2 is 1.71 bits per heavy atom. The third kappa shape index (κ3) is 3.36. The molecule has 0 fully saturated rings. The number of carbonyl (C=O) groups is 1. The number of halogens is 1. The van der Waals surface area contributed by atoms with Crippen LogP contribution in [0.15, 0.2) is 24.3 Å². The van der Waals surface area contributed by atoms with Crippen LogP contribution in [0.4, 0.5) is 0 Å². The third-order valence-electron chi connectivity index (χ3n) is 1.54. The second kappa shape index (κ2) is 3.98. The Hall–Kier alpha value is -1.06. The minimum atomic E-state index is -0.103. The van der Waals surface area contributed by atoms with Gasteiger partial charge in [-0.05, 0) is 24.3 Å². The minimum absolute atomic E-state index is 0.103. The maximum atomic E-state index is 11.6. The average Bonchev–Trinajstić information content (AvgIpc) is 2.02. The molecule has 1 rings (SSSR count). The fraction of sp³-hybridized carbons (Fsp3) is 0.300. The first-order chi connectivity index (χ1) is 6.38. The molecule has 4 heteroatoms. The standard InChI is InChI=1S/C10H13ClN2O/c1-13(2,3)12-10(14)8-4-6-9(11)7-5-8/h4-7H,1-3H3/p+1. The van der Waals surface area contributed by atoms with Crippen LogP contribution in [0.25, 0.3) is 0 Å². The summed E-state index contributed by atoms with van der Waals surface area (Å²) in [4.78, 5) is 11.6. The summed E-state index contributed by atoms with van der Waals surface area (Å²) in [6.07, 6.45) is 0. The lowest BCUT2D eigenvalue weighted by molar-refractivity contribution is -0.905. The van der Waals surface area contributed by atoms with E-state index in [0.717, 1.165) is 0 Å². The highest BCUT2D eigenvalue weighted by Crippen LogP contribution is 2.09. The second-order valence-corrected chi connectivity index (χ2v) is 4.40. The molecule has 0 saturated heterocycles. The molecule has 1 amide bonds. The maximum absolute atomic E-state index is 11.6. The fourth-order valence-corrected chi connectivity index (χ4v) is 1.10. The Labute approximate surface area is 88.8 Å². The Kier molecular flexibility index (Phi) is 3.13. The smallest absolute Gasteiger partial charge is 0.264 e. The molecule has 0 unspecified atom stereocenters. The number of benzene rings is 1. The van der Waals surface area contributed by atoms with E-state index in [-0.39, 0.29) is 5.91 Å². The third-order valence-corrected chi connectivity index (χ3v) is 1.80. The van der Waals surface area contributed by atoms with Crippen LogP contribution in [0.2, 0.25) is 5.02 Å². The summed E-state index contributed by atoms with van der Waals surface area (Å²) in [5.74, 6) is -0.103. The molecule has 0 aliphatic rings. The van der Waals surface area contributed by atoms with E-state index >= 15 is 0 Å². The summed E-state index contributed by atoms with van der Waals surface area (Å²) in [6.45, 7) is 0. The molecule has 1 aromatic carbocycles. The molecule has 0 aliphatic carbocycles. The van der Waals surface area contributed by atoms with Gasteiger partial charge in [0.05, 0.1) is 21.1 Å². The molecule has 1 N–H and O–H groups in total. The van der Waals surface area contributed by atoms with Gasteiger partial charge in [0.1, 0.15) is 0 Å². The Morgan fingerprint density at radius 3 is 2.14 bits per heavy atom. The summed E-state index contributed by atoms with van der Waals surface area (Å²) in [6, 6.07) is 6.80. The molecule has 0 saturated carbocycles. The molecule has 3 nitrogen and oxygen atoms in total. The molecule has 14 heavy (non-hydrogen) atoms. The van der Waals surface area contributed by atoms with E-state index in [0.29, 0.717) is 15.2 Å². The molecule has 1 aromatic rings. The monoisotopic (exact) mass is 213 g/mol. The van der Waals surface area contributed by atoms with E-state index in [1.807, 2.05) is 21.1 Å². The van der Waals surface area contributed by atoms with Gasteiger partial charge in [-0.15, -0.1) is 0 Å². The molecule has 0 bridgehead atoms. The van der Waals surface area contributed by atoms with Gasteiger partial charge in [-0.2, -0.15) is 5.43 Å². The summed E-state index contributed by atoms with van der Waals surface area (Å²) >= 11 is 5.71. The molecule has 0 aliphatic heterocycles. The number of carbonyl (C=O) groups excluding carboxylic acids is 1. The van der Waals surface area contributed by atoms with Gasteiger partial charge in [-0.3, -0.25) is 4.79 Å². The summed E-state index contributed by atoms with van der Waals surface area (Å²) < 4.78 is 0.390. The molecular formula is C10H14ClN2O+. The van der Waals surface area contributed by atoms with Crippen molar-refractivity contribution in [2.24, 2.45) is 0 Å². The average molecular weight is 214 g/mol. The molecule has 0 atom stereocenters. The van der Waals surface area contributed by atoms with Crippen molar-refractivity contribution in [3.63, 3.8) is 0 Å². The number of amides is 1. The van der Waals surface area contributed by atoms with Crippen molar-refractivity contribution in [3.8, 4) is 0 Å². The zero-order valence-corrected chi connectivity index (χ0v) is 9.30. The van der Waals surface area contributed by atoms with Crippen LogP contribution < -0.4 is 5.43 Å². The number of hydrogen-bond acceptors (Lipinski definition) is 1. The number of quaternary nitrogens is 1. The summed E-state index contributed by atoms with van der Waals surface area (Å²) in [5.41, 5.74) is 3.42. The molecule has 0 aromatic heterocycles. The maximum Gasteiger partial charge on any atom is 0.295 e. The lowest BCUT2D eigenvalue weighted by atomic mass is 10.2. The SMILES string of the molecule is C[N+](C)(C)NC(=O)c1ccc(Cl)cc1. The van der Waals surface area contributed by atoms with Crippen LogP contribution in [0.5, 0.6) is 0 Å². The van der Waals surface area contributed by atoms with Gasteiger partial charge >= 0.3 is 0 Å². The van der Waals surface area contributed by atoms with Crippen LogP contribution in [-0.4, -0.2) is 31.6 Å². The van der Waals surface area contributed by atoms with Gasteiger partial charge in [0.2, 0.25) is 0 Å². The largest absolute Gasteiger partial charge is 0.295 e. The normalized spacial score (nSPS) is 11.1. The number of nitrogens with one attached hydrogen (secondary N) is 1. The first-order valence-electron chi connectivity index (χ1n) is 4.28. The fourth-order valence-electron chi connectivity index (χ4n) is 0.970. The Bertz CT molecular complexity index is 327. The summed E-state index contributed by atoms with van der Waals surface area (Å²) in [7, 11) is 5.65. The number of nitrogens with zero attached hydrogens (tertiary/aromatic N) is 1. The Balaban J connectivity index is 2.76. The highest BCUT2D eigenvalue weighted by Gasteiger charge is 2.13. The van der Waals surface area contributed by atoms with Crippen molar-refractivity contribution in [3.05, 3.63) is 34.9 Å². The second-order valence-electron chi connectivity index (χ2n) is 3.96. The molecule has 0 spiro atoms. The highest BCUT2D eigenvalue weighted by atomic mass is 35.5. The van der Waals surface area contributed by atoms with Gasteiger partial charge in [0, 0.05) is 10.6 Å². The van der Waals surface area contributed by atoms with E-state index in [1.165, 1.54) is 0 Å². The van der Waals surface area contributed by atoms with Crippen LogP contribution in [0.1, 0.15) is 10.4 Å². The highest BCUT2D eigenvalue weighted by molar-refractivity contribution is 6.30. The van der Waals surface area contributed by atoms with Gasteiger partial charge in [-0.25, -0.2) is 4.59 Å². The van der Waals surface area contributed by atoms with Crippen LogP contribution >= 0.6 is 11.6 Å². The first-order valence-corrected chi connectivity index (χ1v) is 4.66. The zero-order chi connectivity index (χ0) is 10.8. The van der Waals surface area contributed by atoms with Crippen LogP contribution in [0.3, 0.4) is 0 Å². The van der Waals surface area contributed by atoms with Gasteiger partial charge in [0.15, 0.2) is 0 Å². The lowest BCUT2D eigenvalue weighted by Gasteiger charge is -2.23. The topological polar surface area (TPSA) is 29.1 Å². The predicted molar refractivity (Wildman–Crippen MR) is 57.0 cm³/mol. The van der Waals surface area contributed by atoms with E-state index in [4.69, 9.17) is 11.6 Å². The minimum Gasteiger partial charge on any atom is -0.264 e. The lowest BCUT2D eigenvalue weighted by Crippen LogP contribution is -2.51. The van der Waals surface area contributed by atoms with Gasteiger partial charge in [0.25, 0.3) is 5.91 Å². The molecular weight excluding hydrogens is 200 g/mol. The zero-order valence-electron chi connectivity index (χ0n) is 8.54. The van der Waals surface area contributed by atoms with E-state index < -0.39 is 0 Å². The van der Waals surface area contributed by atoms with Crippen molar-refractivity contribution in [2.75, 3.05) is 21.1 Å². The Morgan fingerprint density at radius 1 is 1.21 bits per heavy atom. The predicted octanol–water partition coefficient (Wildman–Crippen LogP) is 1.69.